The molecule has 0 aliphatic carbocycles. The Bertz CT molecular complexity index is 807. The zero-order valence-electron chi connectivity index (χ0n) is 13.5. The molecule has 0 N–H and O–H groups in total. The lowest BCUT2D eigenvalue weighted by Gasteiger charge is -2.37. The molecule has 4 heteroatoms. The Labute approximate surface area is 146 Å². The first-order valence-electron chi connectivity index (χ1n) is 8.33. The molecule has 0 saturated carbocycles. The maximum absolute atomic E-state index is 12.9. The van der Waals surface area contributed by atoms with Crippen molar-refractivity contribution in [1.29, 1.82) is 0 Å². The van der Waals surface area contributed by atoms with Gasteiger partial charge < -0.3 is 9.47 Å². The molecule has 3 heterocycles. The van der Waals surface area contributed by atoms with Crippen molar-refractivity contribution >= 4 is 17.2 Å². The summed E-state index contributed by atoms with van der Waals surface area (Å²) in [7, 11) is 0. The van der Waals surface area contributed by atoms with E-state index in [0.717, 1.165) is 19.5 Å². The van der Waals surface area contributed by atoms with Crippen LogP contribution in [0.2, 0.25) is 0 Å². The van der Waals surface area contributed by atoms with Gasteiger partial charge in [0.25, 0.3) is 0 Å². The topological polar surface area (TPSA) is 25.2 Å². The molecule has 24 heavy (non-hydrogen) atoms. The van der Waals surface area contributed by atoms with Crippen LogP contribution < -0.4 is 0 Å². The van der Waals surface area contributed by atoms with Crippen LogP contribution in [0.1, 0.15) is 29.3 Å². The number of rotatable bonds is 4. The largest absolute Gasteiger partial charge is 0.348 e. The molecular weight excluding hydrogens is 316 g/mol. The maximum atomic E-state index is 12.9. The third-order valence-corrected chi connectivity index (χ3v) is 5.41. The van der Waals surface area contributed by atoms with Gasteiger partial charge >= 0.3 is 0 Å². The number of hydrogen-bond acceptors (Lipinski definition) is 2. The van der Waals surface area contributed by atoms with Gasteiger partial charge in [0, 0.05) is 31.4 Å². The van der Waals surface area contributed by atoms with E-state index in [0.29, 0.717) is 6.42 Å². The van der Waals surface area contributed by atoms with Crippen molar-refractivity contribution in [2.24, 2.45) is 0 Å². The number of fused-ring (bicyclic) bond motifs is 1. The number of amides is 1. The summed E-state index contributed by atoms with van der Waals surface area (Å²) in [6, 6.07) is 16.7. The molecule has 1 aliphatic heterocycles. The first-order chi connectivity index (χ1) is 11.8. The van der Waals surface area contributed by atoms with E-state index in [1.807, 2.05) is 18.2 Å². The van der Waals surface area contributed by atoms with Crippen LogP contribution in [0.4, 0.5) is 0 Å². The Morgan fingerprint density at radius 1 is 1.08 bits per heavy atom. The molecule has 122 valence electrons. The maximum Gasteiger partial charge on any atom is 0.223 e. The van der Waals surface area contributed by atoms with Crippen LogP contribution in [0.15, 0.2) is 65.5 Å². The molecule has 0 spiro atoms. The molecule has 3 aromatic rings. The fourth-order valence-corrected chi connectivity index (χ4v) is 4.17. The van der Waals surface area contributed by atoms with E-state index in [-0.39, 0.29) is 11.9 Å². The predicted octanol–water partition coefficient (Wildman–Crippen LogP) is 4.11. The summed E-state index contributed by atoms with van der Waals surface area (Å²) < 4.78 is 2.26. The van der Waals surface area contributed by atoms with Crippen LogP contribution in [0.5, 0.6) is 0 Å². The first-order valence-corrected chi connectivity index (χ1v) is 9.28. The summed E-state index contributed by atoms with van der Waals surface area (Å²) in [4.78, 5) is 15.0. The van der Waals surface area contributed by atoms with E-state index >= 15 is 0 Å². The average Bonchev–Trinajstić information content (AvgIpc) is 3.30. The number of aromatic nitrogens is 1. The number of nitrogens with zero attached hydrogens (tertiary/aromatic N) is 2. The van der Waals surface area contributed by atoms with Crippen molar-refractivity contribution in [2.45, 2.75) is 25.4 Å². The average molecular weight is 336 g/mol. The van der Waals surface area contributed by atoms with Crippen LogP contribution in [0.3, 0.4) is 0 Å². The SMILES string of the molecule is O=C(CCc1ccsc1)N1CCn2cccc2C1c1ccccc1. The van der Waals surface area contributed by atoms with Gasteiger partial charge in [-0.2, -0.15) is 11.3 Å². The van der Waals surface area contributed by atoms with Gasteiger partial charge in [0.1, 0.15) is 0 Å². The number of thiophene rings is 1. The van der Waals surface area contributed by atoms with E-state index in [9.17, 15) is 4.79 Å². The second kappa shape index (κ2) is 6.65. The van der Waals surface area contributed by atoms with E-state index in [1.165, 1.54) is 16.8 Å². The van der Waals surface area contributed by atoms with Gasteiger partial charge in [-0.15, -0.1) is 0 Å². The Kier molecular flexibility index (Phi) is 4.22. The predicted molar refractivity (Wildman–Crippen MR) is 97.1 cm³/mol. The lowest BCUT2D eigenvalue weighted by molar-refractivity contribution is -0.133. The van der Waals surface area contributed by atoms with Gasteiger partial charge in [-0.25, -0.2) is 0 Å². The summed E-state index contributed by atoms with van der Waals surface area (Å²) in [6.45, 7) is 1.64. The van der Waals surface area contributed by atoms with Crippen molar-refractivity contribution in [3.63, 3.8) is 0 Å². The quantitative estimate of drug-likeness (QED) is 0.704. The van der Waals surface area contributed by atoms with Crippen molar-refractivity contribution in [1.82, 2.24) is 9.47 Å². The normalized spacial score (nSPS) is 16.8. The Morgan fingerprint density at radius 3 is 2.75 bits per heavy atom. The second-order valence-corrected chi connectivity index (χ2v) is 6.94. The molecule has 2 aromatic heterocycles. The number of hydrogen-bond donors (Lipinski definition) is 0. The summed E-state index contributed by atoms with van der Waals surface area (Å²) in [5, 5.41) is 4.20. The zero-order chi connectivity index (χ0) is 16.4. The summed E-state index contributed by atoms with van der Waals surface area (Å²) in [5.74, 6) is 0.238. The minimum atomic E-state index is 0.0184. The molecule has 0 saturated heterocycles. The Balaban J connectivity index is 1.60. The van der Waals surface area contributed by atoms with Crippen molar-refractivity contribution in [3.8, 4) is 0 Å². The molecule has 1 amide bonds. The number of carbonyl (C=O) groups excluding carboxylic acids is 1. The molecule has 1 aromatic carbocycles. The van der Waals surface area contributed by atoms with Crippen molar-refractivity contribution in [2.75, 3.05) is 6.54 Å². The molecule has 0 bridgehead atoms. The minimum absolute atomic E-state index is 0.0184. The highest BCUT2D eigenvalue weighted by Crippen LogP contribution is 2.32. The summed E-state index contributed by atoms with van der Waals surface area (Å²) in [6.07, 6.45) is 3.50. The molecule has 4 rings (SSSR count). The van der Waals surface area contributed by atoms with Crippen molar-refractivity contribution in [3.05, 3.63) is 82.3 Å². The summed E-state index contributed by atoms with van der Waals surface area (Å²) >= 11 is 1.69. The zero-order valence-corrected chi connectivity index (χ0v) is 14.3. The monoisotopic (exact) mass is 336 g/mol. The van der Waals surface area contributed by atoms with Gasteiger partial charge in [-0.3, -0.25) is 4.79 Å². The smallest absolute Gasteiger partial charge is 0.223 e. The van der Waals surface area contributed by atoms with E-state index in [1.54, 1.807) is 11.3 Å². The van der Waals surface area contributed by atoms with Crippen LogP contribution in [-0.2, 0) is 17.8 Å². The van der Waals surface area contributed by atoms with Crippen LogP contribution in [-0.4, -0.2) is 21.9 Å². The van der Waals surface area contributed by atoms with Crippen LogP contribution in [0.25, 0.3) is 0 Å². The number of aryl methyl sites for hydroxylation is 1. The Morgan fingerprint density at radius 2 is 1.96 bits per heavy atom. The first kappa shape index (κ1) is 15.2. The third kappa shape index (κ3) is 2.89. The summed E-state index contributed by atoms with van der Waals surface area (Å²) in [5.41, 5.74) is 3.64. The number of carbonyl (C=O) groups is 1. The third-order valence-electron chi connectivity index (χ3n) is 4.68. The fourth-order valence-electron chi connectivity index (χ4n) is 3.47. The molecule has 0 fully saturated rings. The standard InChI is InChI=1S/C20H20N2OS/c23-19(9-8-16-10-14-24-15-16)22-13-12-21-11-4-7-18(21)20(22)17-5-2-1-3-6-17/h1-7,10-11,14-15,20H,8-9,12-13H2. The molecule has 1 unspecified atom stereocenters. The molecule has 3 nitrogen and oxygen atoms in total. The van der Waals surface area contributed by atoms with E-state index in [2.05, 4.69) is 56.8 Å². The van der Waals surface area contributed by atoms with Gasteiger partial charge in [-0.05, 0) is 46.5 Å². The Hall–Kier alpha value is -2.33. The molecular formula is C20H20N2OS. The lowest BCUT2D eigenvalue weighted by atomic mass is 9.99. The van der Waals surface area contributed by atoms with Crippen molar-refractivity contribution < 1.29 is 4.79 Å². The lowest BCUT2D eigenvalue weighted by Crippen LogP contribution is -2.42. The van der Waals surface area contributed by atoms with Gasteiger partial charge in [0.15, 0.2) is 0 Å². The highest BCUT2D eigenvalue weighted by Gasteiger charge is 2.31. The number of benzene rings is 1. The van der Waals surface area contributed by atoms with Gasteiger partial charge in [-0.1, -0.05) is 30.3 Å². The molecule has 1 atom stereocenters. The minimum Gasteiger partial charge on any atom is -0.348 e. The highest BCUT2D eigenvalue weighted by atomic mass is 32.1. The van der Waals surface area contributed by atoms with Crippen LogP contribution >= 0.6 is 11.3 Å². The van der Waals surface area contributed by atoms with Gasteiger partial charge in [0.05, 0.1) is 6.04 Å². The molecule has 1 aliphatic rings. The molecule has 0 radical (unpaired) electrons. The highest BCUT2D eigenvalue weighted by molar-refractivity contribution is 7.07. The van der Waals surface area contributed by atoms with E-state index in [4.69, 9.17) is 0 Å². The fraction of sp³-hybridized carbons (Fsp3) is 0.250. The van der Waals surface area contributed by atoms with Crippen LogP contribution in [0, 0.1) is 0 Å². The second-order valence-electron chi connectivity index (χ2n) is 6.16. The van der Waals surface area contributed by atoms with Gasteiger partial charge in [0.2, 0.25) is 5.91 Å². The van der Waals surface area contributed by atoms with E-state index < -0.39 is 0 Å².